The molecule has 0 saturated heterocycles. The van der Waals surface area contributed by atoms with Crippen LogP contribution in [-0.4, -0.2) is 40.4 Å². The average Bonchev–Trinajstić information content (AvgIpc) is 3.44. The van der Waals surface area contributed by atoms with Crippen molar-refractivity contribution in [3.05, 3.63) is 37.0 Å². The van der Waals surface area contributed by atoms with E-state index >= 15 is 0 Å². The number of hydrogen-bond acceptors (Lipinski definition) is 6. The van der Waals surface area contributed by atoms with Crippen molar-refractivity contribution in [3.8, 4) is 0 Å². The summed E-state index contributed by atoms with van der Waals surface area (Å²) in [6, 6.07) is 0. The molecule has 2 aromatic rings. The second kappa shape index (κ2) is 26.6. The van der Waals surface area contributed by atoms with Crippen molar-refractivity contribution in [2.75, 3.05) is 0 Å². The largest absolute Gasteiger partial charge is 0.394 e. The summed E-state index contributed by atoms with van der Waals surface area (Å²) in [7, 11) is 1.77. The molecule has 0 aromatic carbocycles. The molecule has 0 fully saturated rings. The van der Waals surface area contributed by atoms with E-state index in [9.17, 15) is 0 Å². The van der Waals surface area contributed by atoms with Crippen LogP contribution in [0.25, 0.3) is 0 Å². The van der Waals surface area contributed by atoms with Gasteiger partial charge in [-0.2, -0.15) is 9.59 Å². The molecule has 8 nitrogen and oxygen atoms in total. The van der Waals surface area contributed by atoms with E-state index in [0.717, 1.165) is 11.6 Å². The third-order valence-corrected chi connectivity index (χ3v) is 3.46. The van der Waals surface area contributed by atoms with Crippen molar-refractivity contribution in [1.82, 2.24) is 40.4 Å². The fourth-order valence-corrected chi connectivity index (χ4v) is 1.15. The first-order chi connectivity index (χ1) is 17.5. The summed E-state index contributed by atoms with van der Waals surface area (Å²) in [5.41, 5.74) is 0.996. The number of allylic oxidation sites excluding steroid dienone is 2. The van der Waals surface area contributed by atoms with E-state index in [1.807, 2.05) is 55.4 Å². The number of tetrazole rings is 2. The maximum atomic E-state index is 4.72. The van der Waals surface area contributed by atoms with E-state index in [1.165, 1.54) is 23.4 Å². The first-order valence-electron chi connectivity index (χ1n) is 14.1. The van der Waals surface area contributed by atoms with Gasteiger partial charge < -0.3 is 25.3 Å². The Morgan fingerprint density at radius 1 is 0.700 bits per heavy atom. The van der Waals surface area contributed by atoms with Crippen LogP contribution in [0.15, 0.2) is 12.2 Å². The second-order valence-electron chi connectivity index (χ2n) is 12.9. The summed E-state index contributed by atoms with van der Waals surface area (Å²) in [5, 5.41) is 23.4. The number of aryl methyl sites for hydroxylation is 2. The fourth-order valence-electron chi connectivity index (χ4n) is 1.15. The SMILES string of the molecule is CC.CC.CC(C)(C)C.CCC(C)(C)C.Cc1nnn(C(C)(C)C)n1.Cn1nnc(C(C)(C)C)n1.[CH-]=CC=[CH-].[Y]. The first kappa shape index (κ1) is 51.5. The van der Waals surface area contributed by atoms with E-state index in [4.69, 9.17) is 13.2 Å². The molecule has 0 saturated carbocycles. The fraction of sp³-hybridized carbons (Fsp3) is 0.806. The van der Waals surface area contributed by atoms with Gasteiger partial charge in [-0.15, -0.1) is 20.4 Å². The Balaban J connectivity index is -0.0000000904. The molecular weight excluding hydrogens is 573 g/mol. The Hall–Kier alpha value is -1.28. The van der Waals surface area contributed by atoms with Crippen LogP contribution >= 0.6 is 0 Å². The van der Waals surface area contributed by atoms with Gasteiger partial charge in [-0.25, -0.2) is 0 Å². The summed E-state index contributed by atoms with van der Waals surface area (Å²) >= 11 is 0. The van der Waals surface area contributed by atoms with E-state index in [2.05, 4.69) is 107 Å². The molecular formula is C31H66N8Y-2. The Morgan fingerprint density at radius 3 is 1.15 bits per heavy atom. The zero-order valence-corrected chi connectivity index (χ0v) is 33.0. The third kappa shape index (κ3) is 43.8. The molecule has 2 rings (SSSR count). The molecule has 0 atom stereocenters. The van der Waals surface area contributed by atoms with Crippen molar-refractivity contribution in [2.24, 2.45) is 17.9 Å². The van der Waals surface area contributed by atoms with Gasteiger partial charge in [0.15, 0.2) is 11.6 Å². The van der Waals surface area contributed by atoms with Crippen molar-refractivity contribution < 1.29 is 32.7 Å². The van der Waals surface area contributed by atoms with Gasteiger partial charge >= 0.3 is 0 Å². The van der Waals surface area contributed by atoms with Gasteiger partial charge in [0.1, 0.15) is 0 Å². The molecule has 0 aliphatic heterocycles. The van der Waals surface area contributed by atoms with Crippen LogP contribution in [0.1, 0.15) is 143 Å². The van der Waals surface area contributed by atoms with Gasteiger partial charge in [-0.1, -0.05) is 110 Å². The molecule has 2 aromatic heterocycles. The van der Waals surface area contributed by atoms with Gasteiger partial charge in [0, 0.05) is 38.1 Å². The summed E-state index contributed by atoms with van der Waals surface area (Å²) < 4.78 is 0. The van der Waals surface area contributed by atoms with Crippen LogP contribution in [0.5, 0.6) is 0 Å². The number of aromatic nitrogens is 8. The van der Waals surface area contributed by atoms with E-state index in [0.29, 0.717) is 10.8 Å². The van der Waals surface area contributed by atoms with Crippen molar-refractivity contribution in [2.45, 2.75) is 149 Å². The van der Waals surface area contributed by atoms with Gasteiger partial charge in [0.05, 0.1) is 12.6 Å². The zero-order valence-electron chi connectivity index (χ0n) is 30.2. The Bertz CT molecular complexity index is 750. The van der Waals surface area contributed by atoms with Crippen LogP contribution in [-0.2, 0) is 50.7 Å². The Kier molecular flexibility index (Phi) is 34.2. The summed E-state index contributed by atoms with van der Waals surface area (Å²) in [6.45, 7) is 49.2. The molecule has 0 amide bonds. The number of nitrogens with zero attached hydrogens (tertiary/aromatic N) is 8. The molecule has 235 valence electrons. The van der Waals surface area contributed by atoms with Crippen molar-refractivity contribution >= 4 is 0 Å². The third-order valence-electron chi connectivity index (χ3n) is 3.46. The van der Waals surface area contributed by atoms with Crippen molar-refractivity contribution in [1.29, 1.82) is 0 Å². The molecule has 40 heavy (non-hydrogen) atoms. The Labute approximate surface area is 275 Å². The molecule has 0 N–H and O–H groups in total. The maximum Gasteiger partial charge on any atom is 0.180 e. The van der Waals surface area contributed by atoms with Crippen LogP contribution in [0, 0.1) is 30.9 Å². The normalized spacial score (nSPS) is 10.1. The van der Waals surface area contributed by atoms with Crippen LogP contribution in [0.3, 0.4) is 0 Å². The Morgan fingerprint density at radius 2 is 1.05 bits per heavy atom. The smallest absolute Gasteiger partial charge is 0.180 e. The average molecular weight is 640 g/mol. The number of hydrogen-bond donors (Lipinski definition) is 0. The first-order valence-corrected chi connectivity index (χ1v) is 14.1. The second-order valence-corrected chi connectivity index (χ2v) is 12.9. The van der Waals surface area contributed by atoms with E-state index in [1.54, 1.807) is 11.8 Å². The molecule has 0 spiro atoms. The van der Waals surface area contributed by atoms with Gasteiger partial charge in [0.2, 0.25) is 0 Å². The van der Waals surface area contributed by atoms with Gasteiger partial charge in [-0.05, 0) is 49.0 Å². The summed E-state index contributed by atoms with van der Waals surface area (Å²) in [5.74, 6) is 1.50. The van der Waals surface area contributed by atoms with Crippen LogP contribution < -0.4 is 0 Å². The molecule has 1 radical (unpaired) electrons. The van der Waals surface area contributed by atoms with Crippen LogP contribution in [0.4, 0.5) is 0 Å². The van der Waals surface area contributed by atoms with Crippen LogP contribution in [0.2, 0.25) is 0 Å². The number of rotatable bonds is 1. The predicted molar refractivity (Wildman–Crippen MR) is 170 cm³/mol. The van der Waals surface area contributed by atoms with Gasteiger partial charge in [-0.3, -0.25) is 0 Å². The summed E-state index contributed by atoms with van der Waals surface area (Å²) in [4.78, 5) is 3.09. The van der Waals surface area contributed by atoms with Crippen molar-refractivity contribution in [3.63, 3.8) is 0 Å². The monoisotopic (exact) mass is 639 g/mol. The standard InChI is InChI=1S/2C6H12N4.C6H14.C5H12.C4H4.2C2H6.Y/c1-6(2,3)5-7-9-10(4)8-5;1-5-7-9-10(8-5)6(2,3)4;1-5-6(2,3)4;1-5(2,3)4;1-3-4-2;2*1-2;/h2*1-4H3;5H2,1-4H3;1-4H3;1-4H;2*1-2H3;/q;;;;-2;;;. The van der Waals surface area contributed by atoms with E-state index < -0.39 is 0 Å². The molecule has 0 aliphatic rings. The zero-order chi connectivity index (χ0) is 32.7. The maximum absolute atomic E-state index is 4.72. The summed E-state index contributed by atoms with van der Waals surface area (Å²) in [6.07, 6.45) is 3.83. The molecule has 2 heterocycles. The molecule has 9 heteroatoms. The predicted octanol–water partition coefficient (Wildman–Crippen LogP) is 8.75. The molecule has 0 unspecified atom stereocenters. The molecule has 0 bridgehead atoms. The minimum atomic E-state index is -0.0543. The molecule has 0 aliphatic carbocycles. The van der Waals surface area contributed by atoms with E-state index in [-0.39, 0.29) is 43.7 Å². The minimum Gasteiger partial charge on any atom is -0.394 e. The quantitative estimate of drug-likeness (QED) is 0.229. The van der Waals surface area contributed by atoms with Gasteiger partial charge in [0.25, 0.3) is 0 Å². The topological polar surface area (TPSA) is 87.2 Å². The minimum absolute atomic E-state index is 0.